The molecule has 0 amide bonds. The lowest BCUT2D eigenvalue weighted by Crippen LogP contribution is -2.06. The molecule has 0 radical (unpaired) electrons. The maximum atomic E-state index is 12.6. The second-order valence-electron chi connectivity index (χ2n) is 3.96. The van der Waals surface area contributed by atoms with Gasteiger partial charge in [0.1, 0.15) is 6.07 Å². The van der Waals surface area contributed by atoms with Gasteiger partial charge in [0, 0.05) is 16.8 Å². The Hall–Kier alpha value is -1.71. The van der Waals surface area contributed by atoms with Gasteiger partial charge in [0.15, 0.2) is 0 Å². The van der Waals surface area contributed by atoms with Gasteiger partial charge in [-0.05, 0) is 24.3 Å². The zero-order valence-electron chi connectivity index (χ0n) is 9.96. The number of benzene rings is 1. The first kappa shape index (κ1) is 14.7. The van der Waals surface area contributed by atoms with Crippen molar-refractivity contribution in [3.8, 4) is 6.07 Å². The molecule has 0 saturated carbocycles. The van der Waals surface area contributed by atoms with Crippen molar-refractivity contribution in [3.05, 3.63) is 50.7 Å². The van der Waals surface area contributed by atoms with E-state index in [-0.39, 0.29) is 10.7 Å². The lowest BCUT2D eigenvalue weighted by Gasteiger charge is -2.11. The van der Waals surface area contributed by atoms with E-state index in [0.717, 1.165) is 17.0 Å². The number of hydrogen-bond acceptors (Lipinski definition) is 3. The van der Waals surface area contributed by atoms with Crippen LogP contribution in [0.1, 0.15) is 16.0 Å². The standard InChI is InChI=1S/C13H8ClF3N2S/c14-11-2-1-9(13(15,16)17)4-12(11)19-6-10-3-8(5-18)7-20-10/h1-4,7,19H,6H2. The van der Waals surface area contributed by atoms with Gasteiger partial charge >= 0.3 is 6.18 Å². The smallest absolute Gasteiger partial charge is 0.379 e. The summed E-state index contributed by atoms with van der Waals surface area (Å²) in [4.78, 5) is 0.843. The summed E-state index contributed by atoms with van der Waals surface area (Å²) in [6.45, 7) is 0.313. The zero-order chi connectivity index (χ0) is 14.8. The summed E-state index contributed by atoms with van der Waals surface area (Å²) in [6, 6.07) is 6.79. The fourth-order valence-electron chi connectivity index (χ4n) is 1.55. The lowest BCUT2D eigenvalue weighted by atomic mass is 10.2. The van der Waals surface area contributed by atoms with Crippen LogP contribution in [0.25, 0.3) is 0 Å². The number of hydrogen-bond donors (Lipinski definition) is 1. The highest BCUT2D eigenvalue weighted by Crippen LogP contribution is 2.34. The van der Waals surface area contributed by atoms with Gasteiger partial charge in [-0.25, -0.2) is 0 Å². The zero-order valence-corrected chi connectivity index (χ0v) is 11.5. The normalized spacial score (nSPS) is 11.2. The quantitative estimate of drug-likeness (QED) is 0.873. The van der Waals surface area contributed by atoms with Crippen LogP contribution in [0.4, 0.5) is 18.9 Å². The third-order valence-corrected chi connectivity index (χ3v) is 3.80. The SMILES string of the molecule is N#Cc1csc(CNc2cc(C(F)(F)F)ccc2Cl)c1. The number of alkyl halides is 3. The number of rotatable bonds is 3. The summed E-state index contributed by atoms with van der Waals surface area (Å²) in [7, 11) is 0. The first-order valence-electron chi connectivity index (χ1n) is 5.48. The minimum atomic E-state index is -4.40. The molecule has 7 heteroatoms. The molecule has 104 valence electrons. The second kappa shape index (κ2) is 5.73. The molecule has 1 aromatic heterocycles. The molecule has 0 saturated heterocycles. The van der Waals surface area contributed by atoms with Crippen molar-refractivity contribution < 1.29 is 13.2 Å². The molecule has 20 heavy (non-hydrogen) atoms. The Balaban J connectivity index is 2.15. The van der Waals surface area contributed by atoms with Crippen molar-refractivity contribution in [2.45, 2.75) is 12.7 Å². The Kier molecular flexibility index (Phi) is 4.21. The molecule has 2 nitrogen and oxygen atoms in total. The minimum Gasteiger partial charge on any atom is -0.379 e. The van der Waals surface area contributed by atoms with Crippen LogP contribution in [0.3, 0.4) is 0 Å². The Morgan fingerprint density at radius 1 is 1.30 bits per heavy atom. The molecule has 1 N–H and O–H groups in total. The van der Waals surface area contributed by atoms with E-state index in [0.29, 0.717) is 12.1 Å². The van der Waals surface area contributed by atoms with Crippen molar-refractivity contribution in [1.82, 2.24) is 0 Å². The van der Waals surface area contributed by atoms with Crippen molar-refractivity contribution in [1.29, 1.82) is 5.26 Å². The van der Waals surface area contributed by atoms with Gasteiger partial charge < -0.3 is 5.32 Å². The molecule has 0 aliphatic heterocycles. The summed E-state index contributed by atoms with van der Waals surface area (Å²) >= 11 is 7.22. The number of nitrogens with zero attached hydrogens (tertiary/aromatic N) is 1. The summed E-state index contributed by atoms with van der Waals surface area (Å²) in [6.07, 6.45) is -4.40. The monoisotopic (exact) mass is 316 g/mol. The molecular formula is C13H8ClF3N2S. The summed E-state index contributed by atoms with van der Waals surface area (Å²) < 4.78 is 37.8. The van der Waals surface area contributed by atoms with Crippen LogP contribution < -0.4 is 5.32 Å². The summed E-state index contributed by atoms with van der Waals surface area (Å²) in [5.41, 5.74) is -0.0105. The van der Waals surface area contributed by atoms with E-state index in [9.17, 15) is 13.2 Å². The molecule has 2 aromatic rings. The molecule has 1 heterocycles. The molecule has 0 aliphatic rings. The fourth-order valence-corrected chi connectivity index (χ4v) is 2.49. The summed E-state index contributed by atoms with van der Waals surface area (Å²) in [5.74, 6) is 0. The van der Waals surface area contributed by atoms with E-state index in [4.69, 9.17) is 16.9 Å². The van der Waals surface area contributed by atoms with E-state index in [1.165, 1.54) is 17.4 Å². The highest BCUT2D eigenvalue weighted by atomic mass is 35.5. The van der Waals surface area contributed by atoms with Crippen molar-refractivity contribution in [2.24, 2.45) is 0 Å². The van der Waals surface area contributed by atoms with E-state index >= 15 is 0 Å². The molecule has 1 aromatic carbocycles. The van der Waals surface area contributed by atoms with Gasteiger partial charge in [-0.3, -0.25) is 0 Å². The molecule has 0 spiro atoms. The number of nitrogens with one attached hydrogen (secondary N) is 1. The average molecular weight is 317 g/mol. The predicted octanol–water partition coefficient (Wildman–Crippen LogP) is 4.90. The molecule has 2 rings (SSSR count). The van der Waals surface area contributed by atoms with Crippen LogP contribution in [0.5, 0.6) is 0 Å². The first-order chi connectivity index (χ1) is 9.40. The Morgan fingerprint density at radius 2 is 2.05 bits per heavy atom. The van der Waals surface area contributed by atoms with E-state index in [1.807, 2.05) is 6.07 Å². The maximum Gasteiger partial charge on any atom is 0.416 e. The van der Waals surface area contributed by atoms with Gasteiger partial charge in [-0.15, -0.1) is 11.3 Å². The number of anilines is 1. The van der Waals surface area contributed by atoms with Crippen molar-refractivity contribution in [2.75, 3.05) is 5.32 Å². The predicted molar refractivity (Wildman–Crippen MR) is 72.8 cm³/mol. The molecule has 0 unspecified atom stereocenters. The van der Waals surface area contributed by atoms with Crippen LogP contribution in [0.15, 0.2) is 29.6 Å². The molecule has 0 fully saturated rings. The highest BCUT2D eigenvalue weighted by molar-refractivity contribution is 7.10. The largest absolute Gasteiger partial charge is 0.416 e. The number of thiophene rings is 1. The molecule has 0 bridgehead atoms. The van der Waals surface area contributed by atoms with Crippen LogP contribution in [-0.2, 0) is 12.7 Å². The van der Waals surface area contributed by atoms with Crippen LogP contribution in [0.2, 0.25) is 5.02 Å². The van der Waals surface area contributed by atoms with Gasteiger partial charge in [0.25, 0.3) is 0 Å². The first-order valence-corrected chi connectivity index (χ1v) is 6.74. The highest BCUT2D eigenvalue weighted by Gasteiger charge is 2.30. The fraction of sp³-hybridized carbons (Fsp3) is 0.154. The van der Waals surface area contributed by atoms with Gasteiger partial charge in [0.05, 0.1) is 21.8 Å². The topological polar surface area (TPSA) is 35.8 Å². The van der Waals surface area contributed by atoms with Crippen LogP contribution in [0, 0.1) is 11.3 Å². The third-order valence-electron chi connectivity index (χ3n) is 2.53. The van der Waals surface area contributed by atoms with Crippen molar-refractivity contribution >= 4 is 28.6 Å². The van der Waals surface area contributed by atoms with E-state index in [1.54, 1.807) is 11.4 Å². The molecule has 0 aliphatic carbocycles. The lowest BCUT2D eigenvalue weighted by molar-refractivity contribution is -0.137. The van der Waals surface area contributed by atoms with Crippen LogP contribution >= 0.6 is 22.9 Å². The molecule has 0 atom stereocenters. The van der Waals surface area contributed by atoms with E-state index in [2.05, 4.69) is 5.32 Å². The summed E-state index contributed by atoms with van der Waals surface area (Å²) in [5, 5.41) is 13.4. The minimum absolute atomic E-state index is 0.216. The number of nitriles is 1. The number of halogens is 4. The van der Waals surface area contributed by atoms with Gasteiger partial charge in [-0.1, -0.05) is 11.6 Å². The maximum absolute atomic E-state index is 12.6. The van der Waals surface area contributed by atoms with E-state index < -0.39 is 11.7 Å². The van der Waals surface area contributed by atoms with Gasteiger partial charge in [-0.2, -0.15) is 18.4 Å². The Bertz CT molecular complexity index is 658. The molecular weight excluding hydrogens is 309 g/mol. The second-order valence-corrected chi connectivity index (χ2v) is 5.36. The average Bonchev–Trinajstić information content (AvgIpc) is 2.84. The Labute approximate surface area is 122 Å². The van der Waals surface area contributed by atoms with Crippen molar-refractivity contribution in [3.63, 3.8) is 0 Å². The Morgan fingerprint density at radius 3 is 2.65 bits per heavy atom. The third kappa shape index (κ3) is 3.44. The van der Waals surface area contributed by atoms with Crippen LogP contribution in [-0.4, -0.2) is 0 Å². The van der Waals surface area contributed by atoms with Gasteiger partial charge in [0.2, 0.25) is 0 Å².